The molecule has 0 aliphatic heterocycles. The van der Waals surface area contributed by atoms with Gasteiger partial charge in [-0.3, -0.25) is 9.44 Å². The van der Waals surface area contributed by atoms with Crippen LogP contribution in [0.2, 0.25) is 0 Å². The Hall–Kier alpha value is -7.12. The maximum atomic E-state index is 12.3. The predicted octanol–water partition coefficient (Wildman–Crippen LogP) is 7.26. The minimum Gasteiger partial charge on any atom is -0.565 e. The molecule has 3 heterocycles. The third-order valence-electron chi connectivity index (χ3n) is 12.1. The zero-order chi connectivity index (χ0) is 66.1. The van der Waals surface area contributed by atoms with Crippen LogP contribution >= 0.6 is 18.9 Å². The van der Waals surface area contributed by atoms with Gasteiger partial charge >= 0.3 is 37.8 Å². The molecule has 13 N–H and O–H groups in total. The van der Waals surface area contributed by atoms with Gasteiger partial charge in [-0.15, -0.1) is 5.34 Å². The van der Waals surface area contributed by atoms with Gasteiger partial charge in [0.1, 0.15) is 52.4 Å². The molecule has 0 saturated heterocycles. The van der Waals surface area contributed by atoms with E-state index in [0.29, 0.717) is 64.8 Å². The molecule has 0 saturated carbocycles. The van der Waals surface area contributed by atoms with E-state index in [1.54, 1.807) is 60.7 Å². The number of anilines is 7. The van der Waals surface area contributed by atoms with E-state index in [-0.39, 0.29) is 71.0 Å². The largest absolute Gasteiger partial charge is 1.00 e. The summed E-state index contributed by atoms with van der Waals surface area (Å²) in [6, 6.07) is 24.5. The van der Waals surface area contributed by atoms with Gasteiger partial charge in [0, 0.05) is 22.5 Å². The molecule has 35 heteroatoms. The van der Waals surface area contributed by atoms with E-state index in [9.17, 15) is 25.3 Å². The maximum absolute atomic E-state index is 12.3. The Labute approximate surface area is 549 Å². The smallest absolute Gasteiger partial charge is 0.565 e. The Kier molecular flexibility index (Phi) is 41.6. The van der Waals surface area contributed by atoms with Gasteiger partial charge in [0.2, 0.25) is 29.1 Å². The third kappa shape index (κ3) is 33.9. The van der Waals surface area contributed by atoms with Crippen LogP contribution in [-0.4, -0.2) is 77.1 Å². The summed E-state index contributed by atoms with van der Waals surface area (Å²) >= 11 is 0. The molecule has 29 nitrogen and oxygen atoms in total. The molecule has 484 valence electrons. The summed E-state index contributed by atoms with van der Waals surface area (Å²) in [6.07, 6.45) is 22.8. The van der Waals surface area contributed by atoms with Crippen molar-refractivity contribution in [1.82, 2.24) is 29.3 Å². The van der Waals surface area contributed by atoms with E-state index in [0.717, 1.165) is 68.8 Å². The number of aromatic nitrogens is 6. The molecule has 6 aromatic rings. The van der Waals surface area contributed by atoms with Crippen LogP contribution in [0.25, 0.3) is 17.1 Å². The molecule has 0 aliphatic rings. The van der Waals surface area contributed by atoms with Crippen LogP contribution in [0.3, 0.4) is 0 Å². The first-order valence-corrected chi connectivity index (χ1v) is 34.6. The van der Waals surface area contributed by atoms with Gasteiger partial charge in [0.25, 0.3) is 0 Å². The Morgan fingerprint density at radius 2 is 0.944 bits per heavy atom. The minimum absolute atomic E-state index is 0. The Morgan fingerprint density at radius 3 is 1.31 bits per heavy atom. The Bertz CT molecular complexity index is 3570. The van der Waals surface area contributed by atoms with Crippen molar-refractivity contribution in [3.8, 4) is 35.3 Å². The summed E-state index contributed by atoms with van der Waals surface area (Å²) in [4.78, 5) is 16.9. The molecule has 89 heavy (non-hydrogen) atoms. The average molecular weight is 1340 g/mol. The standard InChI is InChI=1S/C18H26N6O2S.C18H25N5O2S.C10H9N5.C8H17ClO2S.HNO2.Na.HO4P.H2/c1-2-3-4-5-6-7-10-27(25,26)23-15-8-9-16(20)17(11-15)24-18(21)14(12-19)13-22-24;1-2-3-4-5-6-7-11-26(24,25)22-16-9-8-10-17(12-16)23-18(20)15(13-19)14-21-23;11-5-7-6-14-15(10(7)13)9-3-1-2-8(12)4-9;1-2-3-4-5-6-7-8-12(9,10)11;2-1-3;;1-4-5(2)3;/h8-9,11,13,23H,2-7,10,20-21H2,1H3;8-10,12,14,22H,2-7,11,20H2,1H3;1-4,6H,12-13H2;2-8H2,1H3;(H,2,3);;1H;1H/q;;;;;+1;;/p-1. The summed E-state index contributed by atoms with van der Waals surface area (Å²) in [5.41, 5.74) is 33.5. The zero-order valence-electron chi connectivity index (χ0n) is 50.3. The normalized spacial score (nSPS) is 10.7. The Balaban J connectivity index is 0. The monoisotopic (exact) mass is 1340 g/mol. The average Bonchev–Trinajstić information content (AvgIpc) is 2.96. The quantitative estimate of drug-likeness (QED) is 0.00335. The van der Waals surface area contributed by atoms with Gasteiger partial charge in [0.15, 0.2) is 0 Å². The molecule has 0 bridgehead atoms. The molecule has 1 unspecified atom stereocenters. The van der Waals surface area contributed by atoms with E-state index in [4.69, 9.17) is 80.0 Å². The number of nitrogens with zero attached hydrogens (tertiary/aromatic N) is 10. The molecule has 0 amide bonds. The van der Waals surface area contributed by atoms with Crippen LogP contribution < -0.4 is 72.6 Å². The number of sulfonamides is 2. The van der Waals surface area contributed by atoms with Crippen molar-refractivity contribution in [3.63, 3.8) is 0 Å². The zero-order valence-corrected chi connectivity index (χ0v) is 56.4. The van der Waals surface area contributed by atoms with Crippen molar-refractivity contribution in [1.29, 1.82) is 15.8 Å². The summed E-state index contributed by atoms with van der Waals surface area (Å²) < 4.78 is 91.1. The first kappa shape index (κ1) is 81.9. The maximum Gasteiger partial charge on any atom is 1.00 e. The van der Waals surface area contributed by atoms with Crippen LogP contribution in [0, 0.1) is 44.1 Å². The second kappa shape index (κ2) is 45.2. The first-order chi connectivity index (χ1) is 41.8. The third-order valence-corrected chi connectivity index (χ3v) is 16.3. The van der Waals surface area contributed by atoms with Gasteiger partial charge in [-0.2, -0.15) is 31.1 Å². The number of unbranched alkanes of at least 4 members (excludes halogenated alkanes) is 15. The van der Waals surface area contributed by atoms with Crippen LogP contribution in [0.4, 0.5) is 40.2 Å². The van der Waals surface area contributed by atoms with E-state index in [1.807, 2.05) is 24.3 Å². The number of hydrogen-bond acceptors (Lipinski definition) is 24. The van der Waals surface area contributed by atoms with Crippen molar-refractivity contribution in [2.24, 2.45) is 5.34 Å². The molecule has 6 rings (SSSR count). The van der Waals surface area contributed by atoms with Crippen LogP contribution in [-0.2, 0) is 38.3 Å². The van der Waals surface area contributed by atoms with Crippen molar-refractivity contribution in [2.45, 2.75) is 136 Å². The molecule has 3 aromatic heterocycles. The SMILES string of the molecule is CCCCCCCCS(=O)(=O)Cl.CCCCCCCCS(=O)(=O)Nc1ccc(N)c(-n2ncc(C#N)c2N)c1.CCCCCCCCS(=O)(=O)Nc1cccc(-n2ncc(C#N)c2N)c1.N#Cc1cnn(-c2cccc(N)c2)c1N.O=N[O-].O=[P+]([O-])OO.[HH].[Na+]. The van der Waals surface area contributed by atoms with E-state index in [2.05, 4.69) is 50.2 Å². The molecule has 0 spiro atoms. The number of nitrogen functional groups attached to an aromatic ring is 5. The molecule has 3 aromatic carbocycles. The van der Waals surface area contributed by atoms with Gasteiger partial charge < -0.3 is 43.7 Å². The number of nitriles is 3. The fraction of sp³-hybridized carbons (Fsp3) is 0.444. The minimum atomic E-state index is -3.45. The van der Waals surface area contributed by atoms with Gasteiger partial charge in [-0.05, 0) is 78.4 Å². The van der Waals surface area contributed by atoms with Crippen molar-refractivity contribution in [2.75, 3.05) is 55.4 Å². The number of halogens is 1. The summed E-state index contributed by atoms with van der Waals surface area (Å²) in [5.74, 6) is 0.993. The van der Waals surface area contributed by atoms with Gasteiger partial charge in [-0.25, -0.2) is 44.6 Å². The molecule has 0 fully saturated rings. The summed E-state index contributed by atoms with van der Waals surface area (Å²) in [7, 11) is -8.09. The second-order valence-corrected chi connectivity index (χ2v) is 26.3. The van der Waals surface area contributed by atoms with Crippen molar-refractivity contribution < 1.29 is 75.6 Å². The first-order valence-electron chi connectivity index (χ1n) is 27.7. The van der Waals surface area contributed by atoms with Crippen LogP contribution in [0.1, 0.15) is 154 Å². The topological polar surface area (TPSA) is 503 Å². The summed E-state index contributed by atoms with van der Waals surface area (Å²) in [6.45, 7) is 6.46. The number of nitrogens with two attached hydrogens (primary N) is 5. The van der Waals surface area contributed by atoms with Crippen LogP contribution in [0.5, 0.6) is 0 Å². The van der Waals surface area contributed by atoms with E-state index >= 15 is 0 Å². The number of hydrogen-bond donors (Lipinski definition) is 8. The molecular weight excluding hydrogens is 1260 g/mol. The van der Waals surface area contributed by atoms with Gasteiger partial charge in [0.05, 0.1) is 70.0 Å². The molecule has 0 aliphatic carbocycles. The number of nitrogens with one attached hydrogen (secondary N) is 2. The fourth-order valence-corrected chi connectivity index (χ4v) is 11.0. The predicted molar refractivity (Wildman–Crippen MR) is 344 cm³/mol. The Morgan fingerprint density at radius 1 is 0.596 bits per heavy atom. The number of rotatable bonds is 29. The van der Waals surface area contributed by atoms with E-state index < -0.39 is 37.4 Å². The second-order valence-electron chi connectivity index (χ2n) is 19.1. The molecule has 1 atom stereocenters. The van der Waals surface area contributed by atoms with Crippen molar-refractivity contribution >= 4 is 88.2 Å². The number of benzene rings is 3. The van der Waals surface area contributed by atoms with Gasteiger partial charge in [-0.1, -0.05) is 129 Å². The molecule has 0 radical (unpaired) electrons. The van der Waals surface area contributed by atoms with Crippen molar-refractivity contribution in [3.05, 3.63) is 112 Å². The molecular formula is C54H80ClN17NaO12PS3. The fourth-order valence-electron chi connectivity index (χ4n) is 7.74. The summed E-state index contributed by atoms with van der Waals surface area (Å²) in [5, 5.41) is 54.9. The van der Waals surface area contributed by atoms with Crippen LogP contribution in [0.15, 0.2) is 90.7 Å². The van der Waals surface area contributed by atoms with E-state index in [1.165, 1.54) is 71.2 Å².